The van der Waals surface area contributed by atoms with Crippen molar-refractivity contribution in [1.29, 1.82) is 0 Å². The SMILES string of the molecule is COc1cccc(CNS(=O)(=O)c2ccc(Cl)c(C(F)(F)F)c2)c1. The van der Waals surface area contributed by atoms with Crippen LogP contribution in [0.4, 0.5) is 13.2 Å². The molecule has 1 N–H and O–H groups in total. The highest BCUT2D eigenvalue weighted by Crippen LogP contribution is 2.35. The lowest BCUT2D eigenvalue weighted by Crippen LogP contribution is -2.23. The fraction of sp³-hybridized carbons (Fsp3) is 0.200. The molecule has 2 aromatic carbocycles. The average Bonchev–Trinajstić information content (AvgIpc) is 2.52. The van der Waals surface area contributed by atoms with Gasteiger partial charge in [-0.15, -0.1) is 0 Å². The van der Waals surface area contributed by atoms with Crippen LogP contribution in [0, 0.1) is 0 Å². The first-order valence-electron chi connectivity index (χ1n) is 6.63. The van der Waals surface area contributed by atoms with Gasteiger partial charge in [0.2, 0.25) is 10.0 Å². The molecule has 0 radical (unpaired) electrons. The molecule has 2 aromatic rings. The largest absolute Gasteiger partial charge is 0.497 e. The molecule has 130 valence electrons. The molecular formula is C15H13ClF3NO3S. The van der Waals surface area contributed by atoms with Gasteiger partial charge in [-0.1, -0.05) is 23.7 Å². The van der Waals surface area contributed by atoms with Crippen LogP contribution in [-0.2, 0) is 22.7 Å². The monoisotopic (exact) mass is 379 g/mol. The van der Waals surface area contributed by atoms with Crippen molar-refractivity contribution in [2.24, 2.45) is 0 Å². The number of methoxy groups -OCH3 is 1. The topological polar surface area (TPSA) is 55.4 Å². The van der Waals surface area contributed by atoms with Gasteiger partial charge < -0.3 is 4.74 Å². The van der Waals surface area contributed by atoms with Crippen LogP contribution >= 0.6 is 11.6 Å². The molecule has 24 heavy (non-hydrogen) atoms. The molecule has 0 saturated carbocycles. The third-order valence-corrected chi connectivity index (χ3v) is 4.88. The molecule has 0 aliphatic rings. The number of sulfonamides is 1. The van der Waals surface area contributed by atoms with E-state index >= 15 is 0 Å². The van der Waals surface area contributed by atoms with E-state index in [0.29, 0.717) is 17.4 Å². The van der Waals surface area contributed by atoms with Gasteiger partial charge in [0.05, 0.1) is 22.6 Å². The van der Waals surface area contributed by atoms with Gasteiger partial charge in [-0.05, 0) is 35.9 Å². The minimum absolute atomic E-state index is 0.0937. The molecule has 0 bridgehead atoms. The van der Waals surface area contributed by atoms with E-state index in [1.807, 2.05) is 0 Å². The lowest BCUT2D eigenvalue weighted by Gasteiger charge is -2.12. The van der Waals surface area contributed by atoms with Crippen LogP contribution in [0.5, 0.6) is 5.75 Å². The van der Waals surface area contributed by atoms with Crippen LogP contribution in [0.1, 0.15) is 11.1 Å². The maximum absolute atomic E-state index is 12.8. The van der Waals surface area contributed by atoms with Crippen molar-refractivity contribution in [3.63, 3.8) is 0 Å². The molecule has 0 spiro atoms. The summed E-state index contributed by atoms with van der Waals surface area (Å²) in [6.07, 6.45) is -4.74. The highest BCUT2D eigenvalue weighted by atomic mass is 35.5. The molecule has 4 nitrogen and oxygen atoms in total. The minimum atomic E-state index is -4.74. The van der Waals surface area contributed by atoms with E-state index in [-0.39, 0.29) is 6.54 Å². The zero-order valence-corrected chi connectivity index (χ0v) is 14.0. The first kappa shape index (κ1) is 18.6. The molecule has 0 fully saturated rings. The third-order valence-electron chi connectivity index (χ3n) is 3.15. The van der Waals surface area contributed by atoms with E-state index in [0.717, 1.165) is 12.1 Å². The van der Waals surface area contributed by atoms with Crippen molar-refractivity contribution in [3.8, 4) is 5.75 Å². The normalized spacial score (nSPS) is 12.2. The third kappa shape index (κ3) is 4.40. The van der Waals surface area contributed by atoms with E-state index in [2.05, 4.69) is 4.72 Å². The number of hydrogen-bond acceptors (Lipinski definition) is 3. The molecule has 0 unspecified atom stereocenters. The fourth-order valence-electron chi connectivity index (χ4n) is 1.93. The molecule has 2 rings (SSSR count). The number of hydrogen-bond donors (Lipinski definition) is 1. The Kier molecular flexibility index (Phi) is 5.42. The standard InChI is InChI=1S/C15H13ClF3NO3S/c1-23-11-4-2-3-10(7-11)9-20-24(21,22)12-5-6-14(16)13(8-12)15(17,18)19/h2-8,20H,9H2,1H3. The van der Waals surface area contributed by atoms with E-state index < -0.39 is 31.7 Å². The Hall–Kier alpha value is -1.77. The van der Waals surface area contributed by atoms with Gasteiger partial charge in [-0.3, -0.25) is 0 Å². The molecule has 0 aliphatic carbocycles. The number of benzene rings is 2. The maximum atomic E-state index is 12.8. The summed E-state index contributed by atoms with van der Waals surface area (Å²) in [6.45, 7) is -0.0937. The van der Waals surface area contributed by atoms with Crippen LogP contribution in [0.3, 0.4) is 0 Å². The molecule has 0 aromatic heterocycles. The number of rotatable bonds is 5. The smallest absolute Gasteiger partial charge is 0.417 e. The lowest BCUT2D eigenvalue weighted by atomic mass is 10.2. The van der Waals surface area contributed by atoms with Crippen molar-refractivity contribution < 1.29 is 26.3 Å². The highest BCUT2D eigenvalue weighted by molar-refractivity contribution is 7.89. The van der Waals surface area contributed by atoms with Gasteiger partial charge in [0.25, 0.3) is 0 Å². The molecule has 0 atom stereocenters. The summed E-state index contributed by atoms with van der Waals surface area (Å²) in [5.41, 5.74) is -0.601. The number of nitrogens with one attached hydrogen (secondary N) is 1. The average molecular weight is 380 g/mol. The van der Waals surface area contributed by atoms with Crippen LogP contribution in [-0.4, -0.2) is 15.5 Å². The number of ether oxygens (including phenoxy) is 1. The molecule has 0 heterocycles. The minimum Gasteiger partial charge on any atom is -0.497 e. The second kappa shape index (κ2) is 7.00. The van der Waals surface area contributed by atoms with Gasteiger partial charge in [0.15, 0.2) is 0 Å². The quantitative estimate of drug-likeness (QED) is 0.858. The summed E-state index contributed by atoms with van der Waals surface area (Å²) in [4.78, 5) is -0.512. The number of halogens is 4. The predicted octanol–water partition coefficient (Wildman–Crippen LogP) is 3.85. The Labute approximate surface area is 142 Å². The zero-order chi connectivity index (χ0) is 18.0. The van der Waals surface area contributed by atoms with Crippen molar-refractivity contribution >= 4 is 21.6 Å². The molecule has 0 aliphatic heterocycles. The van der Waals surface area contributed by atoms with E-state index in [4.69, 9.17) is 16.3 Å². The second-order valence-electron chi connectivity index (χ2n) is 4.82. The summed E-state index contributed by atoms with van der Waals surface area (Å²) in [6, 6.07) is 9.07. The van der Waals surface area contributed by atoms with Crippen LogP contribution in [0.2, 0.25) is 5.02 Å². The zero-order valence-electron chi connectivity index (χ0n) is 12.4. The Morgan fingerprint density at radius 3 is 2.50 bits per heavy atom. The van der Waals surface area contributed by atoms with Crippen molar-refractivity contribution in [2.75, 3.05) is 7.11 Å². The lowest BCUT2D eigenvalue weighted by molar-refractivity contribution is -0.137. The predicted molar refractivity (Wildman–Crippen MR) is 83.5 cm³/mol. The van der Waals surface area contributed by atoms with Crippen molar-refractivity contribution in [2.45, 2.75) is 17.6 Å². The second-order valence-corrected chi connectivity index (χ2v) is 6.99. The summed E-state index contributed by atoms with van der Waals surface area (Å²) in [5.74, 6) is 0.539. The van der Waals surface area contributed by atoms with Gasteiger partial charge in [0, 0.05) is 6.54 Å². The van der Waals surface area contributed by atoms with Crippen molar-refractivity contribution in [3.05, 3.63) is 58.6 Å². The van der Waals surface area contributed by atoms with Crippen LogP contribution < -0.4 is 9.46 Å². The molecule has 9 heteroatoms. The fourth-order valence-corrected chi connectivity index (χ4v) is 3.20. The Morgan fingerprint density at radius 2 is 1.88 bits per heavy atom. The molecular weight excluding hydrogens is 367 g/mol. The van der Waals surface area contributed by atoms with Gasteiger partial charge in [-0.2, -0.15) is 13.2 Å². The first-order valence-corrected chi connectivity index (χ1v) is 8.49. The van der Waals surface area contributed by atoms with Gasteiger partial charge in [0.1, 0.15) is 5.75 Å². The van der Waals surface area contributed by atoms with E-state index in [9.17, 15) is 21.6 Å². The van der Waals surface area contributed by atoms with Gasteiger partial charge >= 0.3 is 6.18 Å². The van der Waals surface area contributed by atoms with Crippen molar-refractivity contribution in [1.82, 2.24) is 4.72 Å². The first-order chi connectivity index (χ1) is 11.1. The summed E-state index contributed by atoms with van der Waals surface area (Å²) in [7, 11) is -2.66. The summed E-state index contributed by atoms with van der Waals surface area (Å²) < 4.78 is 70.2. The number of alkyl halides is 3. The van der Waals surface area contributed by atoms with Gasteiger partial charge in [-0.25, -0.2) is 13.1 Å². The Bertz CT molecular complexity index is 838. The molecule has 0 saturated heterocycles. The van der Waals surface area contributed by atoms with Crippen LogP contribution in [0.15, 0.2) is 47.4 Å². The summed E-state index contributed by atoms with van der Waals surface area (Å²) >= 11 is 5.49. The van der Waals surface area contributed by atoms with Crippen LogP contribution in [0.25, 0.3) is 0 Å². The van der Waals surface area contributed by atoms with E-state index in [1.165, 1.54) is 7.11 Å². The maximum Gasteiger partial charge on any atom is 0.417 e. The Morgan fingerprint density at radius 1 is 1.17 bits per heavy atom. The Balaban J connectivity index is 2.24. The van der Waals surface area contributed by atoms with E-state index in [1.54, 1.807) is 24.3 Å². The summed E-state index contributed by atoms with van der Waals surface area (Å²) in [5, 5.41) is -0.561. The molecule has 0 amide bonds. The highest BCUT2D eigenvalue weighted by Gasteiger charge is 2.34.